The molecule has 0 atom stereocenters. The third-order valence-electron chi connectivity index (χ3n) is 2.90. The largest absolute Gasteiger partial charge is 0.287 e. The van der Waals surface area contributed by atoms with Crippen LogP contribution in [0.1, 0.15) is 0 Å². The Labute approximate surface area is 129 Å². The molecule has 3 aromatic rings. The second-order valence-corrected chi connectivity index (χ2v) is 5.45. The highest BCUT2D eigenvalue weighted by molar-refractivity contribution is 9.10. The fraction of sp³-hybridized carbons (Fsp3) is 0. The molecule has 100 valence electrons. The number of benzene rings is 2. The van der Waals surface area contributed by atoms with Crippen LogP contribution in [0.15, 0.2) is 59.3 Å². The van der Waals surface area contributed by atoms with Gasteiger partial charge in [-0.2, -0.15) is 0 Å². The summed E-state index contributed by atoms with van der Waals surface area (Å²) < 4.78 is 16.5. The standard InChI is InChI=1S/C15H9BrClFN2/c16-14-9-19-15(12-6-1-2-7-13(12)18)20(14)11-5-3-4-10(17)8-11/h1-9H. The Morgan fingerprint density at radius 3 is 2.65 bits per heavy atom. The van der Waals surface area contributed by atoms with E-state index in [0.29, 0.717) is 16.4 Å². The summed E-state index contributed by atoms with van der Waals surface area (Å²) in [7, 11) is 0. The van der Waals surface area contributed by atoms with Gasteiger partial charge in [0, 0.05) is 10.7 Å². The highest BCUT2D eigenvalue weighted by Crippen LogP contribution is 2.29. The van der Waals surface area contributed by atoms with Crippen molar-refractivity contribution in [3.8, 4) is 17.1 Å². The summed E-state index contributed by atoms with van der Waals surface area (Å²) in [4.78, 5) is 4.29. The van der Waals surface area contributed by atoms with Crippen LogP contribution in [-0.4, -0.2) is 9.55 Å². The fourth-order valence-corrected chi connectivity index (χ4v) is 2.68. The van der Waals surface area contributed by atoms with E-state index in [0.717, 1.165) is 10.3 Å². The topological polar surface area (TPSA) is 17.8 Å². The number of halogens is 3. The first-order valence-electron chi connectivity index (χ1n) is 5.91. The van der Waals surface area contributed by atoms with Gasteiger partial charge in [-0.15, -0.1) is 0 Å². The molecule has 1 heterocycles. The van der Waals surface area contributed by atoms with E-state index in [-0.39, 0.29) is 5.82 Å². The zero-order valence-electron chi connectivity index (χ0n) is 10.2. The van der Waals surface area contributed by atoms with Crippen LogP contribution in [-0.2, 0) is 0 Å². The molecule has 3 rings (SSSR count). The van der Waals surface area contributed by atoms with Gasteiger partial charge in [0.2, 0.25) is 0 Å². The molecule has 1 aromatic heterocycles. The molecule has 0 spiro atoms. The lowest BCUT2D eigenvalue weighted by molar-refractivity contribution is 0.629. The summed E-state index contributed by atoms with van der Waals surface area (Å²) in [6.07, 6.45) is 1.64. The SMILES string of the molecule is Fc1ccccc1-c1ncc(Br)n1-c1cccc(Cl)c1. The third kappa shape index (κ3) is 2.37. The van der Waals surface area contributed by atoms with E-state index in [1.165, 1.54) is 6.07 Å². The molecular weight excluding hydrogens is 343 g/mol. The van der Waals surface area contributed by atoms with E-state index in [2.05, 4.69) is 20.9 Å². The summed E-state index contributed by atoms with van der Waals surface area (Å²) in [6, 6.07) is 13.9. The van der Waals surface area contributed by atoms with Crippen LogP contribution < -0.4 is 0 Å². The first-order chi connectivity index (χ1) is 9.66. The first kappa shape index (κ1) is 13.3. The van der Waals surface area contributed by atoms with Gasteiger partial charge < -0.3 is 0 Å². The molecule has 0 amide bonds. The van der Waals surface area contributed by atoms with Crippen LogP contribution in [0.2, 0.25) is 5.02 Å². The molecule has 0 saturated heterocycles. The minimum Gasteiger partial charge on any atom is -0.287 e. The fourth-order valence-electron chi connectivity index (χ4n) is 2.02. The summed E-state index contributed by atoms with van der Waals surface area (Å²) in [6.45, 7) is 0. The maximum Gasteiger partial charge on any atom is 0.148 e. The lowest BCUT2D eigenvalue weighted by Crippen LogP contribution is -1.99. The molecule has 0 aliphatic rings. The molecule has 2 aromatic carbocycles. The smallest absolute Gasteiger partial charge is 0.148 e. The van der Waals surface area contributed by atoms with Gasteiger partial charge in [-0.1, -0.05) is 29.8 Å². The monoisotopic (exact) mass is 350 g/mol. The summed E-state index contributed by atoms with van der Waals surface area (Å²) in [5, 5.41) is 0.614. The average molecular weight is 352 g/mol. The lowest BCUT2D eigenvalue weighted by Gasteiger charge is -2.10. The second-order valence-electron chi connectivity index (χ2n) is 4.20. The Morgan fingerprint density at radius 2 is 1.90 bits per heavy atom. The van der Waals surface area contributed by atoms with Crippen LogP contribution in [0.4, 0.5) is 4.39 Å². The van der Waals surface area contributed by atoms with Crippen molar-refractivity contribution in [1.82, 2.24) is 9.55 Å². The molecule has 0 unspecified atom stereocenters. The molecular formula is C15H9BrClFN2. The van der Waals surface area contributed by atoms with Crippen molar-refractivity contribution in [2.45, 2.75) is 0 Å². The number of rotatable bonds is 2. The number of imidazole rings is 1. The van der Waals surface area contributed by atoms with Gasteiger partial charge in [-0.05, 0) is 46.3 Å². The van der Waals surface area contributed by atoms with Crippen molar-refractivity contribution < 1.29 is 4.39 Å². The van der Waals surface area contributed by atoms with Crippen LogP contribution in [0.3, 0.4) is 0 Å². The molecule has 0 N–H and O–H groups in total. The molecule has 0 saturated carbocycles. The van der Waals surface area contributed by atoms with E-state index in [1.54, 1.807) is 36.5 Å². The Bertz CT molecular complexity index is 770. The predicted molar refractivity (Wildman–Crippen MR) is 81.7 cm³/mol. The summed E-state index contributed by atoms with van der Waals surface area (Å²) >= 11 is 9.46. The van der Waals surface area contributed by atoms with Crippen molar-refractivity contribution >= 4 is 27.5 Å². The first-order valence-corrected chi connectivity index (χ1v) is 7.08. The highest BCUT2D eigenvalue weighted by Gasteiger charge is 2.15. The maximum atomic E-state index is 14.0. The van der Waals surface area contributed by atoms with E-state index >= 15 is 0 Å². The molecule has 0 aliphatic carbocycles. The molecule has 5 heteroatoms. The molecule has 0 fully saturated rings. The minimum absolute atomic E-state index is 0.311. The molecule has 20 heavy (non-hydrogen) atoms. The summed E-state index contributed by atoms with van der Waals surface area (Å²) in [5.41, 5.74) is 1.26. The molecule has 0 bridgehead atoms. The normalized spacial score (nSPS) is 10.8. The highest BCUT2D eigenvalue weighted by atomic mass is 79.9. The van der Waals surface area contributed by atoms with Gasteiger partial charge >= 0.3 is 0 Å². The van der Waals surface area contributed by atoms with Crippen molar-refractivity contribution in [3.05, 3.63) is 70.2 Å². The van der Waals surface area contributed by atoms with Gasteiger partial charge in [-0.25, -0.2) is 9.37 Å². The van der Waals surface area contributed by atoms with Gasteiger partial charge in [0.25, 0.3) is 0 Å². The van der Waals surface area contributed by atoms with E-state index in [1.807, 2.05) is 16.7 Å². The quantitative estimate of drug-likeness (QED) is 0.628. The Kier molecular flexibility index (Phi) is 3.59. The van der Waals surface area contributed by atoms with Crippen LogP contribution in [0.25, 0.3) is 17.1 Å². The number of nitrogens with zero attached hydrogens (tertiary/aromatic N) is 2. The Morgan fingerprint density at radius 1 is 1.10 bits per heavy atom. The molecule has 0 aliphatic heterocycles. The third-order valence-corrected chi connectivity index (χ3v) is 3.69. The van der Waals surface area contributed by atoms with Crippen molar-refractivity contribution in [2.24, 2.45) is 0 Å². The maximum absolute atomic E-state index is 14.0. The Balaban J connectivity index is 2.23. The predicted octanol–water partition coefficient (Wildman–Crippen LogP) is 5.09. The number of aromatic nitrogens is 2. The van der Waals surface area contributed by atoms with Gasteiger partial charge in [0.1, 0.15) is 16.2 Å². The van der Waals surface area contributed by atoms with Crippen molar-refractivity contribution in [1.29, 1.82) is 0 Å². The van der Waals surface area contributed by atoms with E-state index < -0.39 is 0 Å². The van der Waals surface area contributed by atoms with Gasteiger partial charge in [0.05, 0.1) is 11.8 Å². The zero-order chi connectivity index (χ0) is 14.1. The Hall–Kier alpha value is -1.65. The van der Waals surface area contributed by atoms with Gasteiger partial charge in [-0.3, -0.25) is 4.57 Å². The van der Waals surface area contributed by atoms with E-state index in [4.69, 9.17) is 11.6 Å². The zero-order valence-corrected chi connectivity index (χ0v) is 12.6. The van der Waals surface area contributed by atoms with Crippen LogP contribution >= 0.6 is 27.5 Å². The lowest BCUT2D eigenvalue weighted by atomic mass is 10.2. The van der Waals surface area contributed by atoms with Crippen molar-refractivity contribution in [2.75, 3.05) is 0 Å². The average Bonchev–Trinajstić information content (AvgIpc) is 2.81. The second kappa shape index (κ2) is 5.38. The summed E-state index contributed by atoms with van der Waals surface area (Å²) in [5.74, 6) is 0.214. The van der Waals surface area contributed by atoms with Gasteiger partial charge in [0.15, 0.2) is 0 Å². The molecule has 2 nitrogen and oxygen atoms in total. The minimum atomic E-state index is -0.311. The van der Waals surface area contributed by atoms with Crippen LogP contribution in [0.5, 0.6) is 0 Å². The van der Waals surface area contributed by atoms with E-state index in [9.17, 15) is 4.39 Å². The molecule has 0 radical (unpaired) electrons. The van der Waals surface area contributed by atoms with Crippen molar-refractivity contribution in [3.63, 3.8) is 0 Å². The van der Waals surface area contributed by atoms with Crippen LogP contribution in [0, 0.1) is 5.82 Å². The number of hydrogen-bond donors (Lipinski definition) is 0. The number of hydrogen-bond acceptors (Lipinski definition) is 1.